The molecular weight excluding hydrogens is 286 g/mol. The maximum Gasteiger partial charge on any atom is 0.190 e. The summed E-state index contributed by atoms with van der Waals surface area (Å²) in [4.78, 5) is 0. The van der Waals surface area contributed by atoms with E-state index in [1.807, 2.05) is 18.2 Å². The van der Waals surface area contributed by atoms with Gasteiger partial charge in [0.1, 0.15) is 0 Å². The van der Waals surface area contributed by atoms with Crippen molar-refractivity contribution < 1.29 is 0 Å². The Morgan fingerprint density at radius 1 is 1.19 bits per heavy atom. The normalized spacial score (nSPS) is 10.8. The number of nitrogen functional groups attached to an aromatic ring is 1. The van der Waals surface area contributed by atoms with Gasteiger partial charge in [-0.25, -0.2) is 0 Å². The lowest BCUT2D eigenvalue weighted by molar-refractivity contribution is 0.790. The predicted octanol–water partition coefficient (Wildman–Crippen LogP) is 3.13. The van der Waals surface area contributed by atoms with Gasteiger partial charge in [0.15, 0.2) is 5.82 Å². The van der Waals surface area contributed by atoms with Crippen molar-refractivity contribution in [3.05, 3.63) is 53.1 Å². The van der Waals surface area contributed by atoms with Crippen LogP contribution in [0.25, 0.3) is 17.1 Å². The number of tetrazole rings is 1. The largest absolute Gasteiger partial charge is 0.398 e. The van der Waals surface area contributed by atoms with E-state index < -0.39 is 0 Å². The first-order valence-corrected chi connectivity index (χ1v) is 7.00. The van der Waals surface area contributed by atoms with Crippen molar-refractivity contribution in [2.24, 2.45) is 0 Å². The van der Waals surface area contributed by atoms with Crippen molar-refractivity contribution in [1.82, 2.24) is 20.2 Å². The van der Waals surface area contributed by atoms with Crippen LogP contribution < -0.4 is 5.73 Å². The number of aryl methyl sites for hydroxylation is 1. The third-order valence-corrected chi connectivity index (χ3v) is 3.62. The first-order chi connectivity index (χ1) is 10.2. The van der Waals surface area contributed by atoms with Crippen molar-refractivity contribution >= 4 is 17.3 Å². The van der Waals surface area contributed by atoms with E-state index in [4.69, 9.17) is 17.3 Å². The molecule has 0 fully saturated rings. The Balaban J connectivity index is 2.17. The minimum absolute atomic E-state index is 0.526. The van der Waals surface area contributed by atoms with E-state index in [9.17, 15) is 0 Å². The molecule has 0 saturated heterocycles. The van der Waals surface area contributed by atoms with Crippen molar-refractivity contribution in [3.8, 4) is 17.1 Å². The standard InChI is InChI=1S/C15H14ClN5/c1-2-10-5-3-6-11(9-10)21-15(18-19-20-21)14-12(16)7-4-8-13(14)17/h3-9H,2,17H2,1H3. The molecule has 2 aromatic carbocycles. The number of hydrogen-bond acceptors (Lipinski definition) is 4. The maximum atomic E-state index is 6.25. The summed E-state index contributed by atoms with van der Waals surface area (Å²) in [5.74, 6) is 0.534. The summed E-state index contributed by atoms with van der Waals surface area (Å²) in [6, 6.07) is 13.4. The highest BCUT2D eigenvalue weighted by atomic mass is 35.5. The molecule has 0 amide bonds. The highest BCUT2D eigenvalue weighted by Gasteiger charge is 2.16. The number of halogens is 1. The lowest BCUT2D eigenvalue weighted by Gasteiger charge is -2.09. The summed E-state index contributed by atoms with van der Waals surface area (Å²) >= 11 is 6.25. The Morgan fingerprint density at radius 2 is 2.00 bits per heavy atom. The fourth-order valence-corrected chi connectivity index (χ4v) is 2.47. The number of benzene rings is 2. The van der Waals surface area contributed by atoms with Crippen molar-refractivity contribution in [2.45, 2.75) is 13.3 Å². The van der Waals surface area contributed by atoms with Crippen LogP contribution in [0.15, 0.2) is 42.5 Å². The molecule has 0 radical (unpaired) electrons. The summed E-state index contributed by atoms with van der Waals surface area (Å²) in [5, 5.41) is 12.4. The predicted molar refractivity (Wildman–Crippen MR) is 83.4 cm³/mol. The van der Waals surface area contributed by atoms with Crippen LogP contribution in [0.5, 0.6) is 0 Å². The molecule has 1 heterocycles. The summed E-state index contributed by atoms with van der Waals surface area (Å²) in [6.07, 6.45) is 0.944. The molecule has 0 aliphatic carbocycles. The van der Waals surface area contributed by atoms with Gasteiger partial charge < -0.3 is 5.73 Å². The Bertz CT molecular complexity index is 761. The Morgan fingerprint density at radius 3 is 2.76 bits per heavy atom. The topological polar surface area (TPSA) is 69.6 Å². The third kappa shape index (κ3) is 2.48. The smallest absolute Gasteiger partial charge is 0.190 e. The van der Waals surface area contributed by atoms with Gasteiger partial charge in [-0.15, -0.1) is 5.10 Å². The average Bonchev–Trinajstić information content (AvgIpc) is 2.96. The van der Waals surface area contributed by atoms with Crippen LogP contribution in [-0.2, 0) is 6.42 Å². The van der Waals surface area contributed by atoms with E-state index in [1.165, 1.54) is 5.56 Å². The molecular formula is C15H14ClN5. The van der Waals surface area contributed by atoms with Crippen LogP contribution in [0.2, 0.25) is 5.02 Å². The van der Waals surface area contributed by atoms with Crippen LogP contribution >= 0.6 is 11.6 Å². The first kappa shape index (κ1) is 13.6. The first-order valence-electron chi connectivity index (χ1n) is 6.62. The monoisotopic (exact) mass is 299 g/mol. The van der Waals surface area contributed by atoms with Gasteiger partial charge in [0.25, 0.3) is 0 Å². The summed E-state index contributed by atoms with van der Waals surface area (Å²) in [7, 11) is 0. The molecule has 106 valence electrons. The van der Waals surface area contributed by atoms with Crippen LogP contribution in [0, 0.1) is 0 Å². The molecule has 3 aromatic rings. The molecule has 0 saturated carbocycles. The average molecular weight is 300 g/mol. The molecule has 0 aliphatic rings. The van der Waals surface area contributed by atoms with Gasteiger partial charge in [-0.05, 0) is 46.7 Å². The summed E-state index contributed by atoms with van der Waals surface area (Å²) < 4.78 is 1.65. The molecule has 21 heavy (non-hydrogen) atoms. The number of anilines is 1. The molecule has 5 nitrogen and oxygen atoms in total. The van der Waals surface area contributed by atoms with Crippen LogP contribution in [0.1, 0.15) is 12.5 Å². The molecule has 0 unspecified atom stereocenters. The van der Waals surface area contributed by atoms with E-state index in [0.717, 1.165) is 12.1 Å². The zero-order valence-electron chi connectivity index (χ0n) is 11.5. The van der Waals surface area contributed by atoms with E-state index in [2.05, 4.69) is 28.5 Å². The SMILES string of the molecule is CCc1cccc(-n2nnnc2-c2c(N)cccc2Cl)c1. The summed E-state index contributed by atoms with van der Waals surface area (Å²) in [5.41, 5.74) is 9.31. The van der Waals surface area contributed by atoms with Gasteiger partial charge in [-0.2, -0.15) is 4.68 Å². The van der Waals surface area contributed by atoms with Crippen molar-refractivity contribution in [3.63, 3.8) is 0 Å². The van der Waals surface area contributed by atoms with Gasteiger partial charge in [-0.1, -0.05) is 36.7 Å². The zero-order valence-corrected chi connectivity index (χ0v) is 12.2. The highest BCUT2D eigenvalue weighted by molar-refractivity contribution is 6.33. The molecule has 0 bridgehead atoms. The van der Waals surface area contributed by atoms with Gasteiger partial charge in [0.2, 0.25) is 0 Å². The quantitative estimate of drug-likeness (QED) is 0.754. The second-order valence-electron chi connectivity index (χ2n) is 4.64. The molecule has 1 aromatic heterocycles. The van der Waals surface area contributed by atoms with E-state index in [1.54, 1.807) is 22.9 Å². The maximum absolute atomic E-state index is 6.25. The highest BCUT2D eigenvalue weighted by Crippen LogP contribution is 2.32. The summed E-state index contributed by atoms with van der Waals surface area (Å²) in [6.45, 7) is 2.10. The van der Waals surface area contributed by atoms with Gasteiger partial charge in [-0.3, -0.25) is 0 Å². The molecule has 6 heteroatoms. The number of nitrogens with two attached hydrogens (primary N) is 1. The zero-order chi connectivity index (χ0) is 14.8. The third-order valence-electron chi connectivity index (χ3n) is 3.30. The van der Waals surface area contributed by atoms with Gasteiger partial charge in [0, 0.05) is 5.69 Å². The number of rotatable bonds is 3. The minimum atomic E-state index is 0.526. The van der Waals surface area contributed by atoms with Crippen molar-refractivity contribution in [2.75, 3.05) is 5.73 Å². The van der Waals surface area contributed by atoms with Crippen LogP contribution in [0.3, 0.4) is 0 Å². The van der Waals surface area contributed by atoms with E-state index >= 15 is 0 Å². The fraction of sp³-hybridized carbons (Fsp3) is 0.133. The number of nitrogens with zero attached hydrogens (tertiary/aromatic N) is 4. The lowest BCUT2D eigenvalue weighted by Crippen LogP contribution is -2.02. The van der Waals surface area contributed by atoms with E-state index in [0.29, 0.717) is 22.1 Å². The minimum Gasteiger partial charge on any atom is -0.398 e. The van der Waals surface area contributed by atoms with Crippen molar-refractivity contribution in [1.29, 1.82) is 0 Å². The molecule has 0 atom stereocenters. The van der Waals surface area contributed by atoms with Gasteiger partial charge >= 0.3 is 0 Å². The van der Waals surface area contributed by atoms with Crippen LogP contribution in [0.4, 0.5) is 5.69 Å². The van der Waals surface area contributed by atoms with Crippen LogP contribution in [-0.4, -0.2) is 20.2 Å². The Hall–Kier alpha value is -2.40. The van der Waals surface area contributed by atoms with Gasteiger partial charge in [0.05, 0.1) is 16.3 Å². The Labute approximate surface area is 127 Å². The van der Waals surface area contributed by atoms with E-state index in [-0.39, 0.29) is 0 Å². The molecule has 2 N–H and O–H groups in total. The second-order valence-corrected chi connectivity index (χ2v) is 5.05. The fourth-order valence-electron chi connectivity index (χ4n) is 2.20. The number of hydrogen-bond donors (Lipinski definition) is 1. The molecule has 3 rings (SSSR count). The lowest BCUT2D eigenvalue weighted by atomic mass is 10.1. The second kappa shape index (κ2) is 5.54. The number of aromatic nitrogens is 4. The molecule has 0 spiro atoms. The Kier molecular flexibility index (Phi) is 3.58. The molecule has 0 aliphatic heterocycles.